The zero-order valence-electron chi connectivity index (χ0n) is 12.3. The second-order valence-electron chi connectivity index (χ2n) is 4.97. The molecule has 1 atom stereocenters. The normalized spacial score (nSPS) is 12.0. The van der Waals surface area contributed by atoms with Gasteiger partial charge in [-0.25, -0.2) is 0 Å². The Kier molecular flexibility index (Phi) is 5.48. The van der Waals surface area contributed by atoms with Gasteiger partial charge in [-0.15, -0.1) is 0 Å². The molecule has 0 amide bonds. The molecule has 0 saturated heterocycles. The molecule has 1 unspecified atom stereocenters. The topological polar surface area (TPSA) is 44.5 Å². The Morgan fingerprint density at radius 3 is 2.33 bits per heavy atom. The number of hydrogen-bond acceptors (Lipinski definition) is 3. The van der Waals surface area contributed by atoms with Crippen molar-refractivity contribution in [2.75, 3.05) is 14.2 Å². The highest BCUT2D eigenvalue weighted by molar-refractivity contribution is 6.30. The summed E-state index contributed by atoms with van der Waals surface area (Å²) in [6, 6.07) is 13.6. The van der Waals surface area contributed by atoms with Gasteiger partial charge in [-0.2, -0.15) is 0 Å². The maximum absolute atomic E-state index is 6.25. The number of benzene rings is 2. The van der Waals surface area contributed by atoms with E-state index in [9.17, 15) is 0 Å². The van der Waals surface area contributed by atoms with Gasteiger partial charge < -0.3 is 15.2 Å². The van der Waals surface area contributed by atoms with E-state index in [-0.39, 0.29) is 6.04 Å². The number of ether oxygens (including phenoxy) is 2. The molecule has 2 rings (SSSR count). The van der Waals surface area contributed by atoms with Gasteiger partial charge in [-0.05, 0) is 54.3 Å². The van der Waals surface area contributed by atoms with Crippen LogP contribution in [0.3, 0.4) is 0 Å². The van der Waals surface area contributed by atoms with E-state index >= 15 is 0 Å². The second kappa shape index (κ2) is 7.34. The number of halogens is 1. The minimum Gasteiger partial charge on any atom is -0.497 e. The zero-order valence-corrected chi connectivity index (χ0v) is 13.1. The maximum Gasteiger partial charge on any atom is 0.122 e. The van der Waals surface area contributed by atoms with Crippen molar-refractivity contribution >= 4 is 11.6 Å². The third kappa shape index (κ3) is 4.38. The Morgan fingerprint density at radius 1 is 1.00 bits per heavy atom. The Balaban J connectivity index is 2.03. The van der Waals surface area contributed by atoms with Crippen molar-refractivity contribution in [2.24, 2.45) is 5.73 Å². The minimum atomic E-state index is 0.00533. The highest BCUT2D eigenvalue weighted by Gasteiger charge is 2.10. The minimum absolute atomic E-state index is 0.00533. The van der Waals surface area contributed by atoms with E-state index in [2.05, 4.69) is 0 Å². The van der Waals surface area contributed by atoms with Gasteiger partial charge in [0.25, 0.3) is 0 Å². The van der Waals surface area contributed by atoms with E-state index in [0.29, 0.717) is 5.02 Å². The van der Waals surface area contributed by atoms with Crippen molar-refractivity contribution in [3.8, 4) is 11.5 Å². The molecule has 4 heteroatoms. The molecule has 112 valence electrons. The number of rotatable bonds is 6. The van der Waals surface area contributed by atoms with Gasteiger partial charge in [0.2, 0.25) is 0 Å². The summed E-state index contributed by atoms with van der Waals surface area (Å²) in [5, 5.41) is 0.697. The first kappa shape index (κ1) is 15.7. The molecule has 0 fully saturated rings. The molecule has 0 heterocycles. The quantitative estimate of drug-likeness (QED) is 0.889. The predicted molar refractivity (Wildman–Crippen MR) is 86.4 cm³/mol. The molecule has 0 aliphatic rings. The summed E-state index contributed by atoms with van der Waals surface area (Å²) in [5.41, 5.74) is 8.47. The molecular formula is C17H20ClNO2. The van der Waals surface area contributed by atoms with Crippen LogP contribution in [0.5, 0.6) is 11.5 Å². The van der Waals surface area contributed by atoms with Crippen LogP contribution >= 0.6 is 11.6 Å². The fourth-order valence-corrected chi connectivity index (χ4v) is 2.52. The first-order valence-corrected chi connectivity index (χ1v) is 7.21. The van der Waals surface area contributed by atoms with E-state index < -0.39 is 0 Å². The number of hydrogen-bond donors (Lipinski definition) is 1. The first-order chi connectivity index (χ1) is 10.1. The van der Waals surface area contributed by atoms with Gasteiger partial charge >= 0.3 is 0 Å². The van der Waals surface area contributed by atoms with Crippen LogP contribution in [0.4, 0.5) is 0 Å². The Hall–Kier alpha value is -1.71. The van der Waals surface area contributed by atoms with E-state index in [1.165, 1.54) is 5.56 Å². The van der Waals surface area contributed by atoms with Gasteiger partial charge in [-0.3, -0.25) is 0 Å². The molecule has 2 N–H and O–H groups in total. The van der Waals surface area contributed by atoms with E-state index in [1.807, 2.05) is 42.5 Å². The van der Waals surface area contributed by atoms with Crippen LogP contribution in [-0.4, -0.2) is 20.3 Å². The average molecular weight is 306 g/mol. The molecule has 0 bridgehead atoms. The van der Waals surface area contributed by atoms with Crippen LogP contribution in [0.2, 0.25) is 5.02 Å². The third-order valence-electron chi connectivity index (χ3n) is 3.38. The SMILES string of the molecule is COc1ccc(CC(N)Cc2cc(Cl)ccc2OC)cc1. The van der Waals surface area contributed by atoms with E-state index in [0.717, 1.165) is 29.9 Å². The van der Waals surface area contributed by atoms with Gasteiger partial charge in [0.1, 0.15) is 11.5 Å². The number of methoxy groups -OCH3 is 2. The zero-order chi connectivity index (χ0) is 15.2. The van der Waals surface area contributed by atoms with E-state index in [4.69, 9.17) is 26.8 Å². The Bertz CT molecular complexity index is 584. The molecule has 0 saturated carbocycles. The standard InChI is InChI=1S/C17H20ClNO2/c1-20-16-6-3-12(4-7-16)9-15(19)11-13-10-14(18)5-8-17(13)21-2/h3-8,10,15H,9,11,19H2,1-2H3. The highest BCUT2D eigenvalue weighted by atomic mass is 35.5. The summed E-state index contributed by atoms with van der Waals surface area (Å²) in [7, 11) is 3.31. The van der Waals surface area contributed by atoms with Crippen molar-refractivity contribution in [1.82, 2.24) is 0 Å². The summed E-state index contributed by atoms with van der Waals surface area (Å²) in [5.74, 6) is 1.67. The largest absolute Gasteiger partial charge is 0.497 e. The van der Waals surface area contributed by atoms with Crippen molar-refractivity contribution in [2.45, 2.75) is 18.9 Å². The van der Waals surface area contributed by atoms with Gasteiger partial charge in [-0.1, -0.05) is 23.7 Å². The molecule has 0 aliphatic carbocycles. The molecule has 2 aromatic carbocycles. The predicted octanol–water partition coefficient (Wildman–Crippen LogP) is 3.47. The molecule has 21 heavy (non-hydrogen) atoms. The lowest BCUT2D eigenvalue weighted by Crippen LogP contribution is -2.25. The molecule has 0 spiro atoms. The molecule has 0 aliphatic heterocycles. The van der Waals surface area contributed by atoms with Gasteiger partial charge in [0.15, 0.2) is 0 Å². The van der Waals surface area contributed by atoms with Gasteiger partial charge in [0, 0.05) is 11.1 Å². The maximum atomic E-state index is 6.25. The molecular weight excluding hydrogens is 286 g/mol. The van der Waals surface area contributed by atoms with Crippen LogP contribution in [0.15, 0.2) is 42.5 Å². The first-order valence-electron chi connectivity index (χ1n) is 6.83. The van der Waals surface area contributed by atoms with Crippen molar-refractivity contribution in [3.05, 3.63) is 58.6 Å². The Labute approximate surface area is 130 Å². The van der Waals surface area contributed by atoms with Gasteiger partial charge in [0.05, 0.1) is 14.2 Å². The van der Waals surface area contributed by atoms with E-state index in [1.54, 1.807) is 14.2 Å². The van der Waals surface area contributed by atoms with Crippen molar-refractivity contribution in [3.63, 3.8) is 0 Å². The average Bonchev–Trinajstić information content (AvgIpc) is 2.48. The van der Waals surface area contributed by atoms with Crippen LogP contribution in [-0.2, 0) is 12.8 Å². The summed E-state index contributed by atoms with van der Waals surface area (Å²) in [6.07, 6.45) is 1.51. The molecule has 0 aromatic heterocycles. The monoisotopic (exact) mass is 305 g/mol. The third-order valence-corrected chi connectivity index (χ3v) is 3.62. The van der Waals surface area contributed by atoms with Crippen molar-refractivity contribution < 1.29 is 9.47 Å². The Morgan fingerprint density at radius 2 is 1.71 bits per heavy atom. The second-order valence-corrected chi connectivity index (χ2v) is 5.41. The molecule has 2 aromatic rings. The summed E-state index contributed by atoms with van der Waals surface area (Å²) in [6.45, 7) is 0. The fourth-order valence-electron chi connectivity index (χ4n) is 2.33. The number of nitrogens with two attached hydrogens (primary N) is 1. The van der Waals surface area contributed by atoms with Crippen LogP contribution < -0.4 is 15.2 Å². The van der Waals surface area contributed by atoms with Crippen molar-refractivity contribution in [1.29, 1.82) is 0 Å². The summed E-state index contributed by atoms with van der Waals surface area (Å²) >= 11 is 6.04. The lowest BCUT2D eigenvalue weighted by atomic mass is 9.99. The molecule has 3 nitrogen and oxygen atoms in total. The lowest BCUT2D eigenvalue weighted by Gasteiger charge is -2.15. The highest BCUT2D eigenvalue weighted by Crippen LogP contribution is 2.24. The van der Waals surface area contributed by atoms with Crippen LogP contribution in [0.25, 0.3) is 0 Å². The summed E-state index contributed by atoms with van der Waals surface area (Å²) in [4.78, 5) is 0. The smallest absolute Gasteiger partial charge is 0.122 e. The summed E-state index contributed by atoms with van der Waals surface area (Å²) < 4.78 is 10.5. The van der Waals surface area contributed by atoms with Crippen LogP contribution in [0, 0.1) is 0 Å². The lowest BCUT2D eigenvalue weighted by molar-refractivity contribution is 0.407. The van der Waals surface area contributed by atoms with Crippen LogP contribution in [0.1, 0.15) is 11.1 Å². The molecule has 0 radical (unpaired) electrons. The fraction of sp³-hybridized carbons (Fsp3) is 0.294.